The first-order valence-electron chi connectivity index (χ1n) is 8.14. The molecule has 1 saturated heterocycles. The Morgan fingerprint density at radius 3 is 2.48 bits per heavy atom. The summed E-state index contributed by atoms with van der Waals surface area (Å²) in [4.78, 5) is 21.4. The van der Waals surface area contributed by atoms with Crippen LogP contribution in [0.5, 0.6) is 0 Å². The van der Waals surface area contributed by atoms with Crippen LogP contribution in [0.2, 0.25) is 0 Å². The van der Waals surface area contributed by atoms with Crippen LogP contribution in [0.15, 0.2) is 42.6 Å². The number of aromatic nitrogens is 1. The van der Waals surface area contributed by atoms with Crippen molar-refractivity contribution in [3.63, 3.8) is 0 Å². The van der Waals surface area contributed by atoms with Gasteiger partial charge in [-0.1, -0.05) is 12.1 Å². The summed E-state index contributed by atoms with van der Waals surface area (Å²) in [5.74, 6) is 0.828. The molecule has 27 heavy (non-hydrogen) atoms. The fourth-order valence-electron chi connectivity index (χ4n) is 2.83. The van der Waals surface area contributed by atoms with E-state index >= 15 is 0 Å². The highest BCUT2D eigenvalue weighted by Gasteiger charge is 2.18. The van der Waals surface area contributed by atoms with Crippen LogP contribution in [-0.2, 0) is 6.54 Å². The van der Waals surface area contributed by atoms with Gasteiger partial charge in [0.15, 0.2) is 0 Å². The minimum absolute atomic E-state index is 0. The second kappa shape index (κ2) is 11.9. The average molecular weight is 435 g/mol. The molecule has 9 heteroatoms. The molecule has 1 aliphatic rings. The Morgan fingerprint density at radius 2 is 1.81 bits per heavy atom. The number of halogens is 3. The van der Waals surface area contributed by atoms with Crippen LogP contribution in [-0.4, -0.2) is 49.0 Å². The summed E-state index contributed by atoms with van der Waals surface area (Å²) in [5.41, 5.74) is 7.92. The van der Waals surface area contributed by atoms with Crippen molar-refractivity contribution in [3.05, 3.63) is 53.7 Å². The van der Waals surface area contributed by atoms with E-state index in [0.29, 0.717) is 17.8 Å². The lowest BCUT2D eigenvalue weighted by atomic mass is 10.1. The molecule has 0 bridgehead atoms. The first kappa shape index (κ1) is 25.3. The molecule has 0 unspecified atom stereocenters. The van der Waals surface area contributed by atoms with Crippen LogP contribution < -0.4 is 16.0 Å². The maximum absolute atomic E-state index is 12.3. The zero-order chi connectivity index (χ0) is 16.9. The molecule has 0 saturated carbocycles. The van der Waals surface area contributed by atoms with Crippen molar-refractivity contribution in [1.82, 2.24) is 15.2 Å². The lowest BCUT2D eigenvalue weighted by Crippen LogP contribution is -2.45. The number of amides is 1. The van der Waals surface area contributed by atoms with E-state index in [9.17, 15) is 4.79 Å². The van der Waals surface area contributed by atoms with E-state index in [0.717, 1.165) is 37.6 Å². The Bertz CT molecular complexity index is 724. The molecular formula is C18H26Cl3N5O. The van der Waals surface area contributed by atoms with Gasteiger partial charge in [-0.3, -0.25) is 4.79 Å². The zero-order valence-corrected chi connectivity index (χ0v) is 17.6. The molecule has 6 nitrogen and oxygen atoms in total. The van der Waals surface area contributed by atoms with Gasteiger partial charge >= 0.3 is 0 Å². The summed E-state index contributed by atoms with van der Waals surface area (Å²) in [6.07, 6.45) is 1.80. The first-order valence-corrected chi connectivity index (χ1v) is 8.14. The second-order valence-corrected chi connectivity index (χ2v) is 6.08. The predicted octanol–water partition coefficient (Wildman–Crippen LogP) is 2.61. The molecule has 3 rings (SSSR count). The Morgan fingerprint density at radius 1 is 1.11 bits per heavy atom. The topological polar surface area (TPSA) is 74.5 Å². The average Bonchev–Trinajstić information content (AvgIpc) is 2.61. The minimum atomic E-state index is -0.129. The highest BCUT2D eigenvalue weighted by atomic mass is 35.5. The Labute approximate surface area is 178 Å². The molecule has 1 aliphatic heterocycles. The van der Waals surface area contributed by atoms with Gasteiger partial charge in [0.05, 0.1) is 0 Å². The van der Waals surface area contributed by atoms with E-state index in [4.69, 9.17) is 5.73 Å². The van der Waals surface area contributed by atoms with Gasteiger partial charge in [0.25, 0.3) is 5.91 Å². The van der Waals surface area contributed by atoms with Crippen LogP contribution in [0.1, 0.15) is 15.9 Å². The van der Waals surface area contributed by atoms with Gasteiger partial charge in [-0.15, -0.1) is 37.2 Å². The SMILES string of the molecule is CN1CCN(c2ncccc2CNC(=O)c2cccc(N)c2)CC1.Cl.Cl.Cl. The summed E-state index contributed by atoms with van der Waals surface area (Å²) in [6, 6.07) is 10.9. The molecule has 0 atom stereocenters. The van der Waals surface area contributed by atoms with Crippen molar-refractivity contribution in [3.8, 4) is 0 Å². The van der Waals surface area contributed by atoms with Crippen LogP contribution in [0.4, 0.5) is 11.5 Å². The maximum atomic E-state index is 12.3. The number of carbonyl (C=O) groups is 1. The monoisotopic (exact) mass is 433 g/mol. The second-order valence-electron chi connectivity index (χ2n) is 6.08. The number of nitrogens with two attached hydrogens (primary N) is 1. The van der Waals surface area contributed by atoms with Crippen LogP contribution in [0.25, 0.3) is 0 Å². The number of carbonyl (C=O) groups excluding carboxylic acids is 1. The van der Waals surface area contributed by atoms with Crippen molar-refractivity contribution in [2.45, 2.75) is 6.54 Å². The maximum Gasteiger partial charge on any atom is 0.251 e. The normalized spacial score (nSPS) is 13.6. The standard InChI is InChI=1S/C18H23N5O.3ClH/c1-22-8-10-23(11-9-22)17-15(5-3-7-20-17)13-21-18(24)14-4-2-6-16(19)12-14;;;/h2-7,12H,8-11,13,19H2,1H3,(H,21,24);3*1H. The molecule has 1 fully saturated rings. The number of nitrogen functional groups attached to an aromatic ring is 1. The molecule has 2 heterocycles. The van der Waals surface area contributed by atoms with E-state index in [1.807, 2.05) is 12.1 Å². The van der Waals surface area contributed by atoms with Gasteiger partial charge in [-0.05, 0) is 31.3 Å². The third-order valence-electron chi connectivity index (χ3n) is 4.26. The van der Waals surface area contributed by atoms with Crippen molar-refractivity contribution in [2.75, 3.05) is 43.9 Å². The lowest BCUT2D eigenvalue weighted by molar-refractivity contribution is 0.0951. The summed E-state index contributed by atoms with van der Waals surface area (Å²) in [6.45, 7) is 4.38. The summed E-state index contributed by atoms with van der Waals surface area (Å²) in [5, 5.41) is 2.96. The molecule has 1 amide bonds. The van der Waals surface area contributed by atoms with Gasteiger partial charge in [0.2, 0.25) is 0 Å². The number of likely N-dealkylation sites (N-methyl/N-ethyl adjacent to an activating group) is 1. The van der Waals surface area contributed by atoms with E-state index in [1.165, 1.54) is 0 Å². The molecule has 3 N–H and O–H groups in total. The summed E-state index contributed by atoms with van der Waals surface area (Å²) < 4.78 is 0. The highest BCUT2D eigenvalue weighted by molar-refractivity contribution is 5.95. The molecule has 2 aromatic rings. The Kier molecular flexibility index (Phi) is 11.1. The summed E-state index contributed by atoms with van der Waals surface area (Å²) >= 11 is 0. The third-order valence-corrected chi connectivity index (χ3v) is 4.26. The number of piperazine rings is 1. The minimum Gasteiger partial charge on any atom is -0.399 e. The molecular weight excluding hydrogens is 409 g/mol. The molecule has 1 aromatic carbocycles. The molecule has 0 radical (unpaired) electrons. The molecule has 0 aliphatic carbocycles. The number of nitrogens with zero attached hydrogens (tertiary/aromatic N) is 3. The van der Waals surface area contributed by atoms with Crippen molar-refractivity contribution < 1.29 is 4.79 Å². The lowest BCUT2D eigenvalue weighted by Gasteiger charge is -2.34. The highest BCUT2D eigenvalue weighted by Crippen LogP contribution is 2.18. The Balaban J connectivity index is 0.00000225. The van der Waals surface area contributed by atoms with Crippen LogP contribution >= 0.6 is 37.2 Å². The third kappa shape index (κ3) is 6.74. The smallest absolute Gasteiger partial charge is 0.251 e. The van der Waals surface area contributed by atoms with Crippen LogP contribution in [0.3, 0.4) is 0 Å². The zero-order valence-electron chi connectivity index (χ0n) is 15.1. The molecule has 150 valence electrons. The van der Waals surface area contributed by atoms with E-state index < -0.39 is 0 Å². The van der Waals surface area contributed by atoms with Gasteiger partial charge in [-0.25, -0.2) is 4.98 Å². The van der Waals surface area contributed by atoms with Gasteiger partial charge < -0.3 is 20.9 Å². The number of hydrogen-bond donors (Lipinski definition) is 2. The van der Waals surface area contributed by atoms with Gasteiger partial charge in [0.1, 0.15) is 5.82 Å². The molecule has 1 aromatic heterocycles. The van der Waals surface area contributed by atoms with Gasteiger partial charge in [-0.2, -0.15) is 0 Å². The fourth-order valence-corrected chi connectivity index (χ4v) is 2.83. The number of benzene rings is 1. The predicted molar refractivity (Wildman–Crippen MR) is 118 cm³/mol. The summed E-state index contributed by atoms with van der Waals surface area (Å²) in [7, 11) is 2.13. The van der Waals surface area contributed by atoms with Crippen LogP contribution in [0, 0.1) is 0 Å². The van der Waals surface area contributed by atoms with Crippen molar-refractivity contribution >= 4 is 54.6 Å². The number of hydrogen-bond acceptors (Lipinski definition) is 5. The van der Waals surface area contributed by atoms with E-state index in [1.54, 1.807) is 30.5 Å². The van der Waals surface area contributed by atoms with Crippen molar-refractivity contribution in [1.29, 1.82) is 0 Å². The largest absolute Gasteiger partial charge is 0.399 e. The quantitative estimate of drug-likeness (QED) is 0.724. The Hall–Kier alpha value is -1.73. The fraction of sp³-hybridized carbons (Fsp3) is 0.333. The number of rotatable bonds is 4. The van der Waals surface area contributed by atoms with Crippen molar-refractivity contribution in [2.24, 2.45) is 0 Å². The number of pyridine rings is 1. The van der Waals surface area contributed by atoms with Gasteiger partial charge in [0, 0.05) is 55.7 Å². The van der Waals surface area contributed by atoms with E-state index in [-0.39, 0.29) is 43.1 Å². The first-order chi connectivity index (χ1) is 11.6. The van der Waals surface area contributed by atoms with E-state index in [2.05, 4.69) is 27.1 Å². The number of nitrogens with one attached hydrogen (secondary N) is 1. The molecule has 0 spiro atoms. The number of anilines is 2.